The molecule has 0 radical (unpaired) electrons. The van der Waals surface area contributed by atoms with Crippen molar-refractivity contribution < 1.29 is 4.79 Å². The van der Waals surface area contributed by atoms with E-state index in [0.717, 1.165) is 13.1 Å². The van der Waals surface area contributed by atoms with E-state index in [9.17, 15) is 4.79 Å². The summed E-state index contributed by atoms with van der Waals surface area (Å²) in [6.07, 6.45) is 2.38. The smallest absolute Gasteiger partial charge is 0.220 e. The number of carbonyl (C=O) groups excluding carboxylic acids is 1. The SMILES string of the molecule is CC(=O)N1C2CCC1CNC2. The summed E-state index contributed by atoms with van der Waals surface area (Å²) < 4.78 is 0. The van der Waals surface area contributed by atoms with E-state index in [1.807, 2.05) is 0 Å². The fraction of sp³-hybridized carbons (Fsp3) is 0.875. The first-order valence-corrected chi connectivity index (χ1v) is 4.28. The van der Waals surface area contributed by atoms with Gasteiger partial charge in [0, 0.05) is 32.1 Å². The lowest BCUT2D eigenvalue weighted by atomic mass is 10.2. The number of carbonyl (C=O) groups is 1. The summed E-state index contributed by atoms with van der Waals surface area (Å²) in [4.78, 5) is 13.2. The van der Waals surface area contributed by atoms with Crippen molar-refractivity contribution in [3.05, 3.63) is 0 Å². The molecule has 2 unspecified atom stereocenters. The van der Waals surface area contributed by atoms with Crippen molar-refractivity contribution in [3.63, 3.8) is 0 Å². The zero-order valence-electron chi connectivity index (χ0n) is 6.84. The maximum Gasteiger partial charge on any atom is 0.220 e. The number of hydrogen-bond donors (Lipinski definition) is 1. The molecule has 0 aromatic carbocycles. The van der Waals surface area contributed by atoms with Crippen LogP contribution in [0.15, 0.2) is 0 Å². The van der Waals surface area contributed by atoms with Gasteiger partial charge in [-0.25, -0.2) is 0 Å². The van der Waals surface area contributed by atoms with Crippen LogP contribution in [0.4, 0.5) is 0 Å². The lowest BCUT2D eigenvalue weighted by Gasteiger charge is -2.34. The van der Waals surface area contributed by atoms with E-state index in [-0.39, 0.29) is 5.91 Å². The summed E-state index contributed by atoms with van der Waals surface area (Å²) in [6, 6.07) is 0.984. The third-order valence-electron chi connectivity index (χ3n) is 2.74. The van der Waals surface area contributed by atoms with Gasteiger partial charge in [-0.05, 0) is 12.8 Å². The first kappa shape index (κ1) is 7.10. The predicted molar refractivity (Wildman–Crippen MR) is 42.2 cm³/mol. The predicted octanol–water partition coefficient (Wildman–Crippen LogP) is -0.0309. The normalized spacial score (nSPS) is 35.9. The van der Waals surface area contributed by atoms with Crippen LogP contribution in [0.5, 0.6) is 0 Å². The molecule has 62 valence electrons. The number of amides is 1. The highest BCUT2D eigenvalue weighted by molar-refractivity contribution is 5.74. The maximum atomic E-state index is 11.2. The van der Waals surface area contributed by atoms with Crippen LogP contribution in [0.3, 0.4) is 0 Å². The second-order valence-electron chi connectivity index (χ2n) is 3.47. The van der Waals surface area contributed by atoms with E-state index >= 15 is 0 Å². The van der Waals surface area contributed by atoms with E-state index in [1.54, 1.807) is 6.92 Å². The molecule has 0 aromatic heterocycles. The van der Waals surface area contributed by atoms with Gasteiger partial charge in [0.1, 0.15) is 0 Å². The van der Waals surface area contributed by atoms with Crippen LogP contribution in [-0.4, -0.2) is 36.0 Å². The monoisotopic (exact) mass is 154 g/mol. The summed E-state index contributed by atoms with van der Waals surface area (Å²) >= 11 is 0. The van der Waals surface area contributed by atoms with Crippen molar-refractivity contribution in [1.82, 2.24) is 10.2 Å². The van der Waals surface area contributed by atoms with E-state index in [2.05, 4.69) is 10.2 Å². The van der Waals surface area contributed by atoms with E-state index in [0.29, 0.717) is 12.1 Å². The van der Waals surface area contributed by atoms with Crippen molar-refractivity contribution in [1.29, 1.82) is 0 Å². The lowest BCUT2D eigenvalue weighted by molar-refractivity contribution is -0.132. The largest absolute Gasteiger partial charge is 0.334 e. The highest BCUT2D eigenvalue weighted by Gasteiger charge is 2.37. The van der Waals surface area contributed by atoms with Gasteiger partial charge < -0.3 is 10.2 Å². The van der Waals surface area contributed by atoms with Gasteiger partial charge in [-0.2, -0.15) is 0 Å². The Kier molecular flexibility index (Phi) is 1.60. The zero-order chi connectivity index (χ0) is 7.84. The molecule has 2 heterocycles. The summed E-state index contributed by atoms with van der Waals surface area (Å²) in [5, 5.41) is 3.34. The third-order valence-corrected chi connectivity index (χ3v) is 2.74. The van der Waals surface area contributed by atoms with Gasteiger partial charge >= 0.3 is 0 Å². The number of hydrogen-bond acceptors (Lipinski definition) is 2. The highest BCUT2D eigenvalue weighted by atomic mass is 16.2. The first-order chi connectivity index (χ1) is 5.29. The maximum absolute atomic E-state index is 11.2. The van der Waals surface area contributed by atoms with Crippen LogP contribution in [0.1, 0.15) is 19.8 Å². The van der Waals surface area contributed by atoms with Gasteiger partial charge in [0.2, 0.25) is 5.91 Å². The summed E-state index contributed by atoms with van der Waals surface area (Å²) in [5.74, 6) is 0.249. The molecule has 2 bridgehead atoms. The quantitative estimate of drug-likeness (QED) is 0.531. The Balaban J connectivity index is 2.15. The number of rotatable bonds is 0. The average Bonchev–Trinajstić information content (AvgIpc) is 2.23. The lowest BCUT2D eigenvalue weighted by Crippen LogP contribution is -2.53. The summed E-state index contributed by atoms with van der Waals surface area (Å²) in [6.45, 7) is 3.67. The van der Waals surface area contributed by atoms with Gasteiger partial charge in [-0.3, -0.25) is 4.79 Å². The topological polar surface area (TPSA) is 32.3 Å². The molecule has 2 rings (SSSR count). The van der Waals surface area contributed by atoms with Gasteiger partial charge in [-0.15, -0.1) is 0 Å². The van der Waals surface area contributed by atoms with E-state index < -0.39 is 0 Å². The second kappa shape index (κ2) is 2.48. The van der Waals surface area contributed by atoms with E-state index in [4.69, 9.17) is 0 Å². The standard InChI is InChI=1S/C8H14N2O/c1-6(11)10-7-2-3-8(10)5-9-4-7/h7-9H,2-5H2,1H3. The molecule has 0 saturated carbocycles. The van der Waals surface area contributed by atoms with Crippen molar-refractivity contribution >= 4 is 5.91 Å². The number of fused-ring (bicyclic) bond motifs is 2. The third kappa shape index (κ3) is 1.03. The average molecular weight is 154 g/mol. The molecule has 2 saturated heterocycles. The molecule has 1 N–H and O–H groups in total. The van der Waals surface area contributed by atoms with Crippen LogP contribution in [0, 0.1) is 0 Å². The van der Waals surface area contributed by atoms with Gasteiger partial charge in [0.05, 0.1) is 0 Å². The molecule has 2 fully saturated rings. The Morgan fingerprint density at radius 2 is 1.91 bits per heavy atom. The Labute approximate surface area is 66.8 Å². The first-order valence-electron chi connectivity index (χ1n) is 4.28. The molecular formula is C8H14N2O. The van der Waals surface area contributed by atoms with Crippen molar-refractivity contribution in [2.24, 2.45) is 0 Å². The molecule has 0 aliphatic carbocycles. The van der Waals surface area contributed by atoms with Crippen LogP contribution >= 0.6 is 0 Å². The number of nitrogens with one attached hydrogen (secondary N) is 1. The fourth-order valence-corrected chi connectivity index (χ4v) is 2.29. The van der Waals surface area contributed by atoms with Gasteiger partial charge in [0.25, 0.3) is 0 Å². The molecule has 11 heavy (non-hydrogen) atoms. The molecule has 2 atom stereocenters. The molecule has 0 aromatic rings. The Bertz CT molecular complexity index is 165. The van der Waals surface area contributed by atoms with Crippen LogP contribution < -0.4 is 5.32 Å². The Hall–Kier alpha value is -0.570. The minimum absolute atomic E-state index is 0.249. The fourth-order valence-electron chi connectivity index (χ4n) is 2.29. The molecule has 0 spiro atoms. The minimum Gasteiger partial charge on any atom is -0.334 e. The van der Waals surface area contributed by atoms with E-state index in [1.165, 1.54) is 12.8 Å². The number of nitrogens with zero attached hydrogens (tertiary/aromatic N) is 1. The van der Waals surface area contributed by atoms with Gasteiger partial charge in [-0.1, -0.05) is 0 Å². The number of piperazine rings is 1. The second-order valence-corrected chi connectivity index (χ2v) is 3.47. The highest BCUT2D eigenvalue weighted by Crippen LogP contribution is 2.26. The molecule has 2 aliphatic rings. The Morgan fingerprint density at radius 1 is 1.36 bits per heavy atom. The Morgan fingerprint density at radius 3 is 2.27 bits per heavy atom. The van der Waals surface area contributed by atoms with Crippen LogP contribution in [0.2, 0.25) is 0 Å². The summed E-state index contributed by atoms with van der Waals surface area (Å²) in [7, 11) is 0. The molecule has 1 amide bonds. The molecular weight excluding hydrogens is 140 g/mol. The minimum atomic E-state index is 0.249. The molecule has 3 heteroatoms. The van der Waals surface area contributed by atoms with Gasteiger partial charge in [0.15, 0.2) is 0 Å². The molecule has 3 nitrogen and oxygen atoms in total. The summed E-state index contributed by atoms with van der Waals surface area (Å²) in [5.41, 5.74) is 0. The van der Waals surface area contributed by atoms with Crippen molar-refractivity contribution in [3.8, 4) is 0 Å². The van der Waals surface area contributed by atoms with Crippen molar-refractivity contribution in [2.75, 3.05) is 13.1 Å². The molecule has 2 aliphatic heterocycles. The zero-order valence-corrected chi connectivity index (χ0v) is 6.84. The van der Waals surface area contributed by atoms with Crippen LogP contribution in [0.25, 0.3) is 0 Å². The van der Waals surface area contributed by atoms with Crippen molar-refractivity contribution in [2.45, 2.75) is 31.8 Å². The van der Waals surface area contributed by atoms with Crippen LogP contribution in [-0.2, 0) is 4.79 Å².